The lowest BCUT2D eigenvalue weighted by Gasteiger charge is -2.09. The summed E-state index contributed by atoms with van der Waals surface area (Å²) in [5, 5.41) is 5.23. The van der Waals surface area contributed by atoms with E-state index in [0.29, 0.717) is 28.6 Å². The minimum absolute atomic E-state index is 0.151. The molecule has 1 N–H and O–H groups in total. The molecule has 27 heavy (non-hydrogen) atoms. The van der Waals surface area contributed by atoms with E-state index in [4.69, 9.17) is 39.2 Å². The average molecular weight is 447 g/mol. The number of carbonyl (C=O) groups is 2. The number of nitrogens with zero attached hydrogens (tertiary/aromatic N) is 2. The van der Waals surface area contributed by atoms with Crippen molar-refractivity contribution in [2.45, 2.75) is 16.8 Å². The molecule has 0 unspecified atom stereocenters. The van der Waals surface area contributed by atoms with Crippen LogP contribution in [0.3, 0.4) is 0 Å². The fourth-order valence-electron chi connectivity index (χ4n) is 2.40. The Balaban J connectivity index is 1.67. The topological polar surface area (TPSA) is 77.1 Å². The molecular weight excluding hydrogens is 433 g/mol. The van der Waals surface area contributed by atoms with E-state index < -0.39 is 9.58 Å². The number of amides is 1. The number of alkyl halides is 3. The van der Waals surface area contributed by atoms with Crippen molar-refractivity contribution < 1.29 is 14.0 Å². The first-order valence-corrected chi connectivity index (χ1v) is 9.77. The average Bonchev–Trinajstić information content (AvgIpc) is 3.32. The Labute approximate surface area is 174 Å². The molecule has 3 rings (SSSR count). The Morgan fingerprint density at radius 1 is 1.37 bits per heavy atom. The van der Waals surface area contributed by atoms with Gasteiger partial charge in [0.2, 0.25) is 11.7 Å². The molecule has 0 spiro atoms. The molecule has 3 aromatic heterocycles. The highest BCUT2D eigenvalue weighted by Crippen LogP contribution is 2.32. The van der Waals surface area contributed by atoms with Gasteiger partial charge >= 0.3 is 0 Å². The highest BCUT2D eigenvalue weighted by molar-refractivity contribution is 7.10. The number of carbonyl (C=O) groups excluding carboxylic acids is 2. The molecule has 0 bridgehead atoms. The number of thiazole rings is 1. The van der Waals surface area contributed by atoms with Gasteiger partial charge in [-0.3, -0.25) is 9.59 Å². The normalized spacial score (nSPS) is 11.6. The van der Waals surface area contributed by atoms with E-state index in [1.807, 2.05) is 5.38 Å². The van der Waals surface area contributed by atoms with Crippen molar-refractivity contribution in [1.82, 2.24) is 14.9 Å². The zero-order valence-corrected chi connectivity index (χ0v) is 17.1. The molecule has 10 heteroatoms. The number of hydrogen-bond donors (Lipinski definition) is 1. The van der Waals surface area contributed by atoms with Crippen LogP contribution in [0.4, 0.5) is 0 Å². The summed E-state index contributed by atoms with van der Waals surface area (Å²) in [7, 11) is 1.68. The second-order valence-electron chi connectivity index (χ2n) is 5.71. The molecule has 0 aromatic carbocycles. The van der Waals surface area contributed by atoms with Crippen molar-refractivity contribution in [3.63, 3.8) is 0 Å². The summed E-state index contributed by atoms with van der Waals surface area (Å²) in [4.78, 5) is 28.6. The molecule has 3 aromatic rings. The number of aromatic nitrogens is 2. The molecule has 0 fully saturated rings. The van der Waals surface area contributed by atoms with Crippen LogP contribution >= 0.6 is 46.1 Å². The SMILES string of the molecule is Cn1cc(-c2csc(CC(=O)NCc3ccco3)n2)cc1C(=O)C(Cl)(Cl)Cl. The number of aryl methyl sites for hydroxylation is 1. The monoisotopic (exact) mass is 445 g/mol. The van der Waals surface area contributed by atoms with Gasteiger partial charge in [-0.2, -0.15) is 0 Å². The standard InChI is InChI=1S/C17H14Cl3N3O3S/c1-23-8-10(5-13(23)16(25)17(18,19)20)12-9-27-15(22-12)6-14(24)21-7-11-3-2-4-26-11/h2-5,8-9H,6-7H2,1H3,(H,21,24). The Morgan fingerprint density at radius 2 is 2.15 bits per heavy atom. The second kappa shape index (κ2) is 8.06. The van der Waals surface area contributed by atoms with Gasteiger partial charge in [0, 0.05) is 24.2 Å². The van der Waals surface area contributed by atoms with E-state index in [-0.39, 0.29) is 18.0 Å². The van der Waals surface area contributed by atoms with Gasteiger partial charge in [-0.05, 0) is 18.2 Å². The first-order chi connectivity index (χ1) is 12.7. The van der Waals surface area contributed by atoms with Crippen LogP contribution in [0.25, 0.3) is 11.3 Å². The largest absolute Gasteiger partial charge is 0.467 e. The Hall–Kier alpha value is -1.80. The van der Waals surface area contributed by atoms with Crippen LogP contribution < -0.4 is 5.32 Å². The first kappa shape index (κ1) is 19.9. The molecule has 1 amide bonds. The molecule has 0 aliphatic rings. The van der Waals surface area contributed by atoms with Gasteiger partial charge < -0.3 is 14.3 Å². The number of nitrogens with one attached hydrogen (secondary N) is 1. The Bertz CT molecular complexity index is 958. The van der Waals surface area contributed by atoms with Gasteiger partial charge in [-0.25, -0.2) is 4.98 Å². The number of furan rings is 1. The smallest absolute Gasteiger partial charge is 0.255 e. The molecule has 0 aliphatic heterocycles. The van der Waals surface area contributed by atoms with Crippen LogP contribution in [0.2, 0.25) is 0 Å². The fourth-order valence-corrected chi connectivity index (χ4v) is 3.49. The van der Waals surface area contributed by atoms with E-state index in [1.165, 1.54) is 11.3 Å². The van der Waals surface area contributed by atoms with Crippen LogP contribution in [-0.2, 0) is 24.8 Å². The Morgan fingerprint density at radius 3 is 2.81 bits per heavy atom. The molecule has 0 saturated heterocycles. The summed E-state index contributed by atoms with van der Waals surface area (Å²) in [5.74, 6) is -0.0972. The zero-order valence-electron chi connectivity index (χ0n) is 14.0. The van der Waals surface area contributed by atoms with Crippen molar-refractivity contribution >= 4 is 57.8 Å². The lowest BCUT2D eigenvalue weighted by atomic mass is 10.2. The minimum atomic E-state index is -2.03. The van der Waals surface area contributed by atoms with E-state index in [9.17, 15) is 9.59 Å². The molecule has 6 nitrogen and oxygen atoms in total. The molecular formula is C17H14Cl3N3O3S. The van der Waals surface area contributed by atoms with Crippen LogP contribution in [0, 0.1) is 0 Å². The van der Waals surface area contributed by atoms with Gasteiger partial charge in [0.25, 0.3) is 3.79 Å². The van der Waals surface area contributed by atoms with Gasteiger partial charge in [0.05, 0.1) is 30.6 Å². The molecule has 0 radical (unpaired) electrons. The summed E-state index contributed by atoms with van der Waals surface area (Å²) in [5.41, 5.74) is 1.61. The molecule has 142 valence electrons. The summed E-state index contributed by atoms with van der Waals surface area (Å²) in [6.45, 7) is 0.325. The third-order valence-corrected chi connectivity index (χ3v) is 5.06. The van der Waals surface area contributed by atoms with Crippen LogP contribution in [0.1, 0.15) is 21.3 Å². The first-order valence-electron chi connectivity index (χ1n) is 7.76. The van der Waals surface area contributed by atoms with Gasteiger partial charge in [-0.1, -0.05) is 34.8 Å². The molecule has 0 aliphatic carbocycles. The van der Waals surface area contributed by atoms with E-state index in [1.54, 1.807) is 42.3 Å². The molecule has 0 saturated carbocycles. The van der Waals surface area contributed by atoms with E-state index >= 15 is 0 Å². The third-order valence-electron chi connectivity index (χ3n) is 3.69. The predicted octanol–water partition coefficient (Wildman–Crippen LogP) is 4.15. The van der Waals surface area contributed by atoms with E-state index in [0.717, 1.165) is 0 Å². The number of Topliss-reactive ketones (excluding diaryl/α,β-unsaturated/α-hetero) is 1. The molecule has 0 atom stereocenters. The predicted molar refractivity (Wildman–Crippen MR) is 105 cm³/mol. The third kappa shape index (κ3) is 4.93. The highest BCUT2D eigenvalue weighted by atomic mass is 35.6. The van der Waals surface area contributed by atoms with Crippen molar-refractivity contribution in [3.8, 4) is 11.3 Å². The van der Waals surface area contributed by atoms with Crippen molar-refractivity contribution in [2.75, 3.05) is 0 Å². The van der Waals surface area contributed by atoms with Crippen molar-refractivity contribution in [3.05, 3.63) is 52.5 Å². The van der Waals surface area contributed by atoms with Crippen LogP contribution in [-0.4, -0.2) is 25.0 Å². The number of hydrogen-bond acceptors (Lipinski definition) is 5. The summed E-state index contributed by atoms with van der Waals surface area (Å²) in [6, 6.07) is 5.16. The van der Waals surface area contributed by atoms with Crippen molar-refractivity contribution in [1.29, 1.82) is 0 Å². The van der Waals surface area contributed by atoms with Crippen LogP contribution in [0.15, 0.2) is 40.5 Å². The highest BCUT2D eigenvalue weighted by Gasteiger charge is 2.33. The van der Waals surface area contributed by atoms with Gasteiger partial charge in [0.1, 0.15) is 10.8 Å². The fraction of sp³-hybridized carbons (Fsp3) is 0.235. The summed E-state index contributed by atoms with van der Waals surface area (Å²) in [6.07, 6.45) is 3.42. The number of ketones is 1. The maximum Gasteiger partial charge on any atom is 0.255 e. The zero-order chi connectivity index (χ0) is 19.6. The maximum absolute atomic E-state index is 12.2. The summed E-state index contributed by atoms with van der Waals surface area (Å²) >= 11 is 18.4. The quantitative estimate of drug-likeness (QED) is 0.456. The minimum Gasteiger partial charge on any atom is -0.467 e. The lowest BCUT2D eigenvalue weighted by Crippen LogP contribution is -2.24. The Kier molecular flexibility index (Phi) is 5.95. The maximum atomic E-state index is 12.2. The second-order valence-corrected chi connectivity index (χ2v) is 8.94. The van der Waals surface area contributed by atoms with E-state index in [2.05, 4.69) is 10.3 Å². The molecule has 3 heterocycles. The number of halogens is 3. The van der Waals surface area contributed by atoms with Gasteiger partial charge in [-0.15, -0.1) is 11.3 Å². The summed E-state index contributed by atoms with van der Waals surface area (Å²) < 4.78 is 4.72. The lowest BCUT2D eigenvalue weighted by molar-refractivity contribution is -0.120. The van der Waals surface area contributed by atoms with Crippen molar-refractivity contribution in [2.24, 2.45) is 7.05 Å². The van der Waals surface area contributed by atoms with Crippen LogP contribution in [0.5, 0.6) is 0 Å². The number of rotatable bonds is 6. The van der Waals surface area contributed by atoms with Gasteiger partial charge in [0.15, 0.2) is 0 Å².